The first-order valence-electron chi connectivity index (χ1n) is 7.47. The van der Waals surface area contributed by atoms with Gasteiger partial charge in [-0.05, 0) is 25.1 Å². The van der Waals surface area contributed by atoms with E-state index in [9.17, 15) is 9.90 Å². The highest BCUT2D eigenvalue weighted by Crippen LogP contribution is 2.28. The van der Waals surface area contributed by atoms with Crippen LogP contribution in [0.3, 0.4) is 0 Å². The van der Waals surface area contributed by atoms with Gasteiger partial charge in [-0.1, -0.05) is 11.2 Å². The van der Waals surface area contributed by atoms with E-state index >= 15 is 0 Å². The lowest BCUT2D eigenvalue weighted by molar-refractivity contribution is 0.0744. The predicted molar refractivity (Wildman–Crippen MR) is 87.4 cm³/mol. The van der Waals surface area contributed by atoms with Gasteiger partial charge in [0, 0.05) is 13.1 Å². The smallest absolute Gasteiger partial charge is 0.259 e. The van der Waals surface area contributed by atoms with Crippen LogP contribution in [0.15, 0.2) is 46.1 Å². The van der Waals surface area contributed by atoms with Crippen molar-refractivity contribution in [2.24, 2.45) is 0 Å². The standard InChI is InChI=1S/C17H17N3O4/c1-3-6-20(7-8-21)17(22)12-10-13(14-5-4-9-23-14)18-16-15(12)11(2)19-24-16/h3-5,9-10,21H,1,6-8H2,2H3. The minimum atomic E-state index is -0.254. The van der Waals surface area contributed by atoms with Crippen molar-refractivity contribution in [3.8, 4) is 11.5 Å². The first kappa shape index (κ1) is 15.9. The molecule has 1 amide bonds. The van der Waals surface area contributed by atoms with Crippen molar-refractivity contribution in [3.05, 3.63) is 48.4 Å². The Morgan fingerprint density at radius 3 is 3.00 bits per heavy atom. The number of hydrogen-bond acceptors (Lipinski definition) is 6. The lowest BCUT2D eigenvalue weighted by Crippen LogP contribution is -2.33. The molecule has 0 aliphatic carbocycles. The minimum absolute atomic E-state index is 0.137. The van der Waals surface area contributed by atoms with E-state index in [1.54, 1.807) is 31.2 Å². The van der Waals surface area contributed by atoms with Gasteiger partial charge < -0.3 is 18.9 Å². The van der Waals surface area contributed by atoms with Crippen molar-refractivity contribution in [2.45, 2.75) is 6.92 Å². The maximum Gasteiger partial charge on any atom is 0.259 e. The highest BCUT2D eigenvalue weighted by Gasteiger charge is 2.23. The maximum absolute atomic E-state index is 12.9. The summed E-state index contributed by atoms with van der Waals surface area (Å²) in [7, 11) is 0. The van der Waals surface area contributed by atoms with E-state index in [-0.39, 0.29) is 24.8 Å². The van der Waals surface area contributed by atoms with Crippen molar-refractivity contribution < 1.29 is 18.8 Å². The minimum Gasteiger partial charge on any atom is -0.463 e. The molecule has 24 heavy (non-hydrogen) atoms. The van der Waals surface area contributed by atoms with E-state index in [2.05, 4.69) is 16.7 Å². The normalized spacial score (nSPS) is 10.9. The summed E-state index contributed by atoms with van der Waals surface area (Å²) in [4.78, 5) is 18.8. The Labute approximate surface area is 138 Å². The zero-order valence-corrected chi connectivity index (χ0v) is 13.2. The first-order valence-corrected chi connectivity index (χ1v) is 7.47. The summed E-state index contributed by atoms with van der Waals surface area (Å²) < 4.78 is 10.6. The number of rotatable bonds is 6. The van der Waals surface area contributed by atoms with E-state index in [1.807, 2.05) is 0 Å². The van der Waals surface area contributed by atoms with Crippen LogP contribution in [0.1, 0.15) is 16.1 Å². The molecule has 3 aromatic rings. The highest BCUT2D eigenvalue weighted by atomic mass is 16.5. The number of carbonyl (C=O) groups excluding carboxylic acids is 1. The first-order chi connectivity index (χ1) is 11.7. The Kier molecular flexibility index (Phi) is 4.43. The van der Waals surface area contributed by atoms with Crippen LogP contribution in [0.4, 0.5) is 0 Å². The number of aliphatic hydroxyl groups excluding tert-OH is 1. The van der Waals surface area contributed by atoms with Gasteiger partial charge in [0.25, 0.3) is 11.6 Å². The number of aryl methyl sites for hydroxylation is 1. The molecular formula is C17H17N3O4. The fourth-order valence-electron chi connectivity index (χ4n) is 2.54. The lowest BCUT2D eigenvalue weighted by atomic mass is 10.1. The van der Waals surface area contributed by atoms with E-state index in [0.717, 1.165) is 0 Å². The number of carbonyl (C=O) groups is 1. The van der Waals surface area contributed by atoms with Gasteiger partial charge in [-0.3, -0.25) is 4.79 Å². The number of furan rings is 1. The molecular weight excluding hydrogens is 310 g/mol. The molecule has 3 rings (SSSR count). The van der Waals surface area contributed by atoms with Crippen molar-refractivity contribution >= 4 is 17.0 Å². The summed E-state index contributed by atoms with van der Waals surface area (Å²) in [5.74, 6) is 0.271. The zero-order chi connectivity index (χ0) is 17.1. The Bertz CT molecular complexity index is 867. The molecule has 0 unspecified atom stereocenters. The van der Waals surface area contributed by atoms with Crippen LogP contribution in [0.25, 0.3) is 22.6 Å². The van der Waals surface area contributed by atoms with Gasteiger partial charge in [0.1, 0.15) is 5.69 Å². The molecule has 0 bridgehead atoms. The van der Waals surface area contributed by atoms with Crippen LogP contribution in [-0.2, 0) is 0 Å². The second kappa shape index (κ2) is 6.67. The van der Waals surface area contributed by atoms with Crippen molar-refractivity contribution in [2.75, 3.05) is 19.7 Å². The molecule has 0 aliphatic rings. The third-order valence-electron chi connectivity index (χ3n) is 3.63. The topological polar surface area (TPSA) is 92.6 Å². The number of aliphatic hydroxyl groups is 1. The average molecular weight is 327 g/mol. The van der Waals surface area contributed by atoms with Crippen LogP contribution in [0.2, 0.25) is 0 Å². The van der Waals surface area contributed by atoms with Crippen molar-refractivity contribution in [1.29, 1.82) is 0 Å². The molecule has 0 fully saturated rings. The summed E-state index contributed by atoms with van der Waals surface area (Å²) in [5.41, 5.74) is 1.73. The van der Waals surface area contributed by atoms with Gasteiger partial charge in [0.05, 0.1) is 29.5 Å². The quantitative estimate of drug-likeness (QED) is 0.699. The third kappa shape index (κ3) is 2.81. The molecule has 0 radical (unpaired) electrons. The van der Waals surface area contributed by atoms with Gasteiger partial charge in [-0.25, -0.2) is 4.98 Å². The fraction of sp³-hybridized carbons (Fsp3) is 0.235. The van der Waals surface area contributed by atoms with Crippen molar-refractivity contribution in [3.63, 3.8) is 0 Å². The van der Waals surface area contributed by atoms with E-state index < -0.39 is 0 Å². The van der Waals surface area contributed by atoms with Gasteiger partial charge in [0.2, 0.25) is 0 Å². The summed E-state index contributed by atoms with van der Waals surface area (Å²) >= 11 is 0. The number of hydrogen-bond donors (Lipinski definition) is 1. The Morgan fingerprint density at radius 1 is 1.50 bits per heavy atom. The summed E-state index contributed by atoms with van der Waals surface area (Å²) in [6, 6.07) is 5.15. The molecule has 1 N–H and O–H groups in total. The van der Waals surface area contributed by atoms with Crippen LogP contribution >= 0.6 is 0 Å². The van der Waals surface area contributed by atoms with E-state index in [1.165, 1.54) is 11.2 Å². The zero-order valence-electron chi connectivity index (χ0n) is 13.2. The van der Waals surface area contributed by atoms with E-state index in [0.29, 0.717) is 34.6 Å². The van der Waals surface area contributed by atoms with Crippen LogP contribution in [0.5, 0.6) is 0 Å². The molecule has 0 aromatic carbocycles. The second-order valence-corrected chi connectivity index (χ2v) is 5.24. The number of amides is 1. The van der Waals surface area contributed by atoms with Crippen molar-refractivity contribution in [1.82, 2.24) is 15.0 Å². The maximum atomic E-state index is 12.9. The molecule has 3 aromatic heterocycles. The second-order valence-electron chi connectivity index (χ2n) is 5.24. The van der Waals surface area contributed by atoms with Crippen LogP contribution in [0, 0.1) is 6.92 Å². The third-order valence-corrected chi connectivity index (χ3v) is 3.63. The van der Waals surface area contributed by atoms with Crippen LogP contribution in [-0.4, -0.2) is 45.8 Å². The predicted octanol–water partition coefficient (Wildman–Crippen LogP) is 2.41. The van der Waals surface area contributed by atoms with Gasteiger partial charge in [-0.2, -0.15) is 0 Å². The molecule has 7 heteroatoms. The number of aromatic nitrogens is 2. The largest absolute Gasteiger partial charge is 0.463 e. The fourth-order valence-corrected chi connectivity index (χ4v) is 2.54. The van der Waals surface area contributed by atoms with Gasteiger partial charge >= 0.3 is 0 Å². The molecule has 0 saturated heterocycles. The molecule has 0 atom stereocenters. The number of fused-ring (bicyclic) bond motifs is 1. The highest BCUT2D eigenvalue weighted by molar-refractivity contribution is 6.06. The number of pyridine rings is 1. The van der Waals surface area contributed by atoms with Gasteiger partial charge in [0.15, 0.2) is 5.76 Å². The lowest BCUT2D eigenvalue weighted by Gasteiger charge is -2.20. The Hall–Kier alpha value is -2.93. The SMILES string of the molecule is C=CCN(CCO)C(=O)c1cc(-c2ccco2)nc2onc(C)c12. The summed E-state index contributed by atoms with van der Waals surface area (Å²) in [5, 5.41) is 13.7. The molecule has 7 nitrogen and oxygen atoms in total. The van der Waals surface area contributed by atoms with Crippen LogP contribution < -0.4 is 0 Å². The summed E-state index contributed by atoms with van der Waals surface area (Å²) in [6.07, 6.45) is 3.14. The monoisotopic (exact) mass is 327 g/mol. The molecule has 3 heterocycles. The average Bonchev–Trinajstić information content (AvgIpc) is 3.23. The Balaban J connectivity index is 2.15. The number of nitrogens with zero attached hydrogens (tertiary/aromatic N) is 3. The molecule has 0 spiro atoms. The molecule has 0 saturated carbocycles. The molecule has 124 valence electrons. The summed E-state index contributed by atoms with van der Waals surface area (Å²) in [6.45, 7) is 5.79. The van der Waals surface area contributed by atoms with Gasteiger partial charge in [-0.15, -0.1) is 6.58 Å². The Morgan fingerprint density at radius 2 is 2.33 bits per heavy atom. The molecule has 0 aliphatic heterocycles. The van der Waals surface area contributed by atoms with E-state index in [4.69, 9.17) is 8.94 Å².